The number of hydrogen-bond acceptors (Lipinski definition) is 0. The van der Waals surface area contributed by atoms with Gasteiger partial charge in [-0.25, -0.2) is 4.39 Å². The quantitative estimate of drug-likeness (QED) is 0.532. The molecule has 1 aliphatic rings. The van der Waals surface area contributed by atoms with Crippen LogP contribution in [-0.2, 0) is 0 Å². The van der Waals surface area contributed by atoms with Gasteiger partial charge in [-0.1, -0.05) is 32.9 Å². The summed E-state index contributed by atoms with van der Waals surface area (Å²) in [5, 5.41) is 0. The van der Waals surface area contributed by atoms with Crippen LogP contribution in [0.2, 0.25) is 0 Å². The number of allylic oxidation sites excluding steroid dienone is 4. The molecule has 0 N–H and O–H groups in total. The largest absolute Gasteiger partial charge is 0.212 e. The lowest BCUT2D eigenvalue weighted by molar-refractivity contribution is 0.376. The Bertz CT molecular complexity index is 218. The first-order valence-corrected chi connectivity index (χ1v) is 5.04. The van der Waals surface area contributed by atoms with Gasteiger partial charge in [-0.15, -0.1) is 0 Å². The van der Waals surface area contributed by atoms with Crippen LogP contribution >= 0.6 is 0 Å². The Kier molecular flexibility index (Phi) is 3.29. The maximum absolute atomic E-state index is 13.5. The summed E-state index contributed by atoms with van der Waals surface area (Å²) in [7, 11) is 0. The molecule has 0 fully saturated rings. The molecule has 1 atom stereocenters. The number of rotatable bonds is 1. The zero-order valence-electron chi connectivity index (χ0n) is 8.81. The summed E-state index contributed by atoms with van der Waals surface area (Å²) in [5.41, 5.74) is -0.328. The van der Waals surface area contributed by atoms with E-state index in [1.54, 1.807) is 6.08 Å². The number of halogens is 1. The minimum atomic E-state index is -0.328. The molecule has 0 spiro atoms. The van der Waals surface area contributed by atoms with Gasteiger partial charge in [0.2, 0.25) is 0 Å². The van der Waals surface area contributed by atoms with Gasteiger partial charge in [0.1, 0.15) is 5.83 Å². The Morgan fingerprint density at radius 3 is 2.62 bits per heavy atom. The van der Waals surface area contributed by atoms with Gasteiger partial charge < -0.3 is 0 Å². The third-order valence-corrected chi connectivity index (χ3v) is 2.37. The van der Waals surface area contributed by atoms with E-state index in [1.807, 2.05) is 20.8 Å². The molecule has 0 heterocycles. The Morgan fingerprint density at radius 1 is 1.46 bits per heavy atom. The lowest BCUT2D eigenvalue weighted by Crippen LogP contribution is -2.08. The van der Waals surface area contributed by atoms with Gasteiger partial charge in [-0.3, -0.25) is 0 Å². The highest BCUT2D eigenvalue weighted by Gasteiger charge is 2.18. The van der Waals surface area contributed by atoms with Gasteiger partial charge in [0.15, 0.2) is 0 Å². The fourth-order valence-corrected chi connectivity index (χ4v) is 1.42. The first-order valence-electron chi connectivity index (χ1n) is 5.04. The van der Waals surface area contributed by atoms with E-state index in [0.29, 0.717) is 5.92 Å². The smallest absolute Gasteiger partial charge is 0.102 e. The predicted octanol–water partition coefficient (Wildman–Crippen LogP) is 4.24. The first kappa shape index (κ1) is 10.5. The van der Waals surface area contributed by atoms with Gasteiger partial charge in [-0.05, 0) is 31.3 Å². The molecular formula is C12H19F. The van der Waals surface area contributed by atoms with E-state index in [-0.39, 0.29) is 11.2 Å². The lowest BCUT2D eigenvalue weighted by atomic mass is 9.89. The fraction of sp³-hybridized carbons (Fsp3) is 0.667. The molecule has 1 unspecified atom stereocenters. The van der Waals surface area contributed by atoms with Crippen molar-refractivity contribution < 1.29 is 4.39 Å². The maximum Gasteiger partial charge on any atom is 0.102 e. The second kappa shape index (κ2) is 4.08. The topological polar surface area (TPSA) is 0 Å². The predicted molar refractivity (Wildman–Crippen MR) is 55.1 cm³/mol. The lowest BCUT2D eigenvalue weighted by Gasteiger charge is -2.19. The summed E-state index contributed by atoms with van der Waals surface area (Å²) in [5.74, 6) is 0.344. The molecule has 0 saturated heterocycles. The van der Waals surface area contributed by atoms with Crippen LogP contribution in [0.4, 0.5) is 4.39 Å². The monoisotopic (exact) mass is 182 g/mol. The third kappa shape index (κ3) is 3.33. The molecule has 0 aliphatic heterocycles. The molecule has 0 saturated carbocycles. The summed E-state index contributed by atoms with van der Waals surface area (Å²) in [4.78, 5) is 0. The second-order valence-electron chi connectivity index (χ2n) is 4.79. The molecular weight excluding hydrogens is 163 g/mol. The van der Waals surface area contributed by atoms with Gasteiger partial charge in [0, 0.05) is 5.41 Å². The van der Waals surface area contributed by atoms with Crippen molar-refractivity contribution in [3.05, 3.63) is 24.1 Å². The summed E-state index contributed by atoms with van der Waals surface area (Å²) < 4.78 is 13.5. The van der Waals surface area contributed by atoms with Crippen LogP contribution in [-0.4, -0.2) is 0 Å². The molecule has 0 nitrogen and oxygen atoms in total. The molecule has 0 bridgehead atoms. The van der Waals surface area contributed by atoms with E-state index < -0.39 is 0 Å². The van der Waals surface area contributed by atoms with Gasteiger partial charge in [0.25, 0.3) is 0 Å². The molecule has 0 aromatic rings. The van der Waals surface area contributed by atoms with Crippen molar-refractivity contribution in [3.8, 4) is 0 Å². The minimum absolute atomic E-state index is 0.0176. The minimum Gasteiger partial charge on any atom is -0.212 e. The van der Waals surface area contributed by atoms with Crippen LogP contribution in [0, 0.1) is 11.3 Å². The van der Waals surface area contributed by atoms with Crippen molar-refractivity contribution >= 4 is 0 Å². The van der Waals surface area contributed by atoms with E-state index in [1.165, 1.54) is 6.42 Å². The molecule has 0 radical (unpaired) electrons. The van der Waals surface area contributed by atoms with Crippen LogP contribution in [0.5, 0.6) is 0 Å². The van der Waals surface area contributed by atoms with E-state index in [9.17, 15) is 4.39 Å². The summed E-state index contributed by atoms with van der Waals surface area (Å²) in [6, 6.07) is 0. The van der Waals surface area contributed by atoms with Crippen molar-refractivity contribution in [1.29, 1.82) is 0 Å². The van der Waals surface area contributed by atoms with Crippen molar-refractivity contribution in [3.63, 3.8) is 0 Å². The normalized spacial score (nSPS) is 24.9. The molecule has 0 aromatic carbocycles. The molecule has 13 heavy (non-hydrogen) atoms. The highest BCUT2D eigenvalue weighted by atomic mass is 19.1. The SMILES string of the molecule is CC(C)(C)/C(F)=C/C1C=CCCC1. The Labute approximate surface area is 80.5 Å². The standard InChI is InChI=1S/C12H19F/c1-12(2,3)11(13)9-10-7-5-4-6-8-10/h5,7,9-10H,4,6,8H2,1-3H3/b11-9-. The highest BCUT2D eigenvalue weighted by molar-refractivity contribution is 5.10. The zero-order valence-corrected chi connectivity index (χ0v) is 8.81. The molecule has 74 valence electrons. The van der Waals surface area contributed by atoms with E-state index in [2.05, 4.69) is 12.2 Å². The van der Waals surface area contributed by atoms with Crippen LogP contribution in [0.3, 0.4) is 0 Å². The molecule has 0 amide bonds. The summed E-state index contributed by atoms with van der Waals surface area (Å²) in [6.45, 7) is 5.72. The molecule has 1 aliphatic carbocycles. The molecule has 1 heteroatoms. The summed E-state index contributed by atoms with van der Waals surface area (Å²) in [6.07, 6.45) is 9.49. The fourth-order valence-electron chi connectivity index (χ4n) is 1.42. The highest BCUT2D eigenvalue weighted by Crippen LogP contribution is 2.29. The second-order valence-corrected chi connectivity index (χ2v) is 4.79. The molecule has 1 rings (SSSR count). The maximum atomic E-state index is 13.5. The van der Waals surface area contributed by atoms with Crippen molar-refractivity contribution in [2.75, 3.05) is 0 Å². The Hall–Kier alpha value is -0.590. The van der Waals surface area contributed by atoms with E-state index >= 15 is 0 Å². The van der Waals surface area contributed by atoms with E-state index in [4.69, 9.17) is 0 Å². The van der Waals surface area contributed by atoms with E-state index in [0.717, 1.165) is 12.8 Å². The van der Waals surface area contributed by atoms with Crippen molar-refractivity contribution in [2.24, 2.45) is 11.3 Å². The van der Waals surface area contributed by atoms with Crippen molar-refractivity contribution in [2.45, 2.75) is 40.0 Å². The van der Waals surface area contributed by atoms with Crippen LogP contribution in [0.1, 0.15) is 40.0 Å². The van der Waals surface area contributed by atoms with Gasteiger partial charge in [0.05, 0.1) is 0 Å². The average Bonchev–Trinajstić information content (AvgIpc) is 2.04. The molecule has 0 aromatic heterocycles. The van der Waals surface area contributed by atoms with Gasteiger partial charge in [-0.2, -0.15) is 0 Å². The Balaban J connectivity index is 2.64. The van der Waals surface area contributed by atoms with Gasteiger partial charge >= 0.3 is 0 Å². The number of hydrogen-bond donors (Lipinski definition) is 0. The Morgan fingerprint density at radius 2 is 2.15 bits per heavy atom. The first-order chi connectivity index (χ1) is 6.00. The van der Waals surface area contributed by atoms with Crippen LogP contribution in [0.25, 0.3) is 0 Å². The van der Waals surface area contributed by atoms with Crippen LogP contribution in [0.15, 0.2) is 24.1 Å². The third-order valence-electron chi connectivity index (χ3n) is 2.37. The van der Waals surface area contributed by atoms with Crippen molar-refractivity contribution in [1.82, 2.24) is 0 Å². The summed E-state index contributed by atoms with van der Waals surface area (Å²) >= 11 is 0. The zero-order chi connectivity index (χ0) is 9.90. The van der Waals surface area contributed by atoms with Crippen LogP contribution < -0.4 is 0 Å². The average molecular weight is 182 g/mol.